The van der Waals surface area contributed by atoms with Crippen molar-refractivity contribution in [2.24, 2.45) is 0 Å². The summed E-state index contributed by atoms with van der Waals surface area (Å²) in [5, 5.41) is 9.56. The second-order valence-electron chi connectivity index (χ2n) is 12.9. The SMILES string of the molecule is CC/C=C/C=C/C=C/C=C/C=C/CCCC(=O)OCC(COCCC(C(=O)O)[N+](C)(C)C)OC(=O)CCCCCCC/C=C/CCCC. The number of carbonyl (C=O) groups is 3. The first-order valence-corrected chi connectivity index (χ1v) is 18.0. The number of carbonyl (C=O) groups excluding carboxylic acids is 2. The summed E-state index contributed by atoms with van der Waals surface area (Å²) in [5.41, 5.74) is 0. The highest BCUT2D eigenvalue weighted by molar-refractivity contribution is 5.72. The number of carboxylic acid groups (broad SMARTS) is 1. The molecule has 0 heterocycles. The summed E-state index contributed by atoms with van der Waals surface area (Å²) in [4.78, 5) is 36.7. The number of allylic oxidation sites excluding steroid dienone is 12. The molecule has 0 spiro atoms. The summed E-state index contributed by atoms with van der Waals surface area (Å²) in [5.74, 6) is -1.59. The van der Waals surface area contributed by atoms with Crippen LogP contribution in [-0.4, -0.2) is 80.6 Å². The van der Waals surface area contributed by atoms with Gasteiger partial charge in [-0.25, -0.2) is 4.79 Å². The Morgan fingerprint density at radius 3 is 1.83 bits per heavy atom. The Morgan fingerprint density at radius 1 is 0.646 bits per heavy atom. The summed E-state index contributed by atoms with van der Waals surface area (Å²) in [6, 6.07) is -0.628. The monoisotopic (exact) mass is 672 g/mol. The van der Waals surface area contributed by atoms with Crippen LogP contribution in [0.2, 0.25) is 0 Å². The van der Waals surface area contributed by atoms with Crippen molar-refractivity contribution in [3.8, 4) is 0 Å². The van der Waals surface area contributed by atoms with Crippen molar-refractivity contribution in [1.29, 1.82) is 0 Å². The Labute approximate surface area is 291 Å². The quantitative estimate of drug-likeness (QED) is 0.0268. The molecule has 8 nitrogen and oxygen atoms in total. The van der Waals surface area contributed by atoms with Crippen LogP contribution in [0, 0.1) is 0 Å². The summed E-state index contributed by atoms with van der Waals surface area (Å²) in [6.45, 7) is 4.42. The first kappa shape index (κ1) is 44.8. The Hall–Kier alpha value is -3.23. The highest BCUT2D eigenvalue weighted by atomic mass is 16.6. The molecule has 0 amide bonds. The van der Waals surface area contributed by atoms with E-state index in [-0.39, 0.29) is 42.7 Å². The van der Waals surface area contributed by atoms with E-state index in [0.717, 1.165) is 57.8 Å². The van der Waals surface area contributed by atoms with E-state index in [0.29, 0.717) is 19.3 Å². The third-order valence-electron chi connectivity index (χ3n) is 7.47. The number of hydrogen-bond acceptors (Lipinski definition) is 6. The number of rotatable bonds is 30. The lowest BCUT2D eigenvalue weighted by molar-refractivity contribution is -0.887. The lowest BCUT2D eigenvalue weighted by atomic mass is 10.1. The fourth-order valence-electron chi connectivity index (χ4n) is 4.63. The van der Waals surface area contributed by atoms with Gasteiger partial charge in [-0.1, -0.05) is 119 Å². The maximum atomic E-state index is 12.6. The average molecular weight is 673 g/mol. The highest BCUT2D eigenvalue weighted by Crippen LogP contribution is 2.12. The molecule has 0 aromatic rings. The number of hydrogen-bond donors (Lipinski definition) is 1. The first-order valence-electron chi connectivity index (χ1n) is 18.0. The maximum absolute atomic E-state index is 12.6. The van der Waals surface area contributed by atoms with E-state index in [1.807, 2.05) is 75.8 Å². The smallest absolute Gasteiger partial charge is 0.362 e. The van der Waals surface area contributed by atoms with E-state index < -0.39 is 18.1 Å². The number of quaternary nitrogens is 1. The second kappa shape index (κ2) is 31.1. The van der Waals surface area contributed by atoms with Gasteiger partial charge in [0.05, 0.1) is 34.4 Å². The topological polar surface area (TPSA) is 99.1 Å². The van der Waals surface area contributed by atoms with Gasteiger partial charge in [-0.3, -0.25) is 9.59 Å². The molecule has 1 N–H and O–H groups in total. The van der Waals surface area contributed by atoms with Crippen LogP contribution >= 0.6 is 0 Å². The zero-order chi connectivity index (χ0) is 35.7. The van der Waals surface area contributed by atoms with Gasteiger partial charge in [0.15, 0.2) is 12.1 Å². The summed E-state index contributed by atoms with van der Waals surface area (Å²) >= 11 is 0. The highest BCUT2D eigenvalue weighted by Gasteiger charge is 2.31. The molecule has 0 aliphatic rings. The zero-order valence-electron chi connectivity index (χ0n) is 30.7. The molecule has 0 aromatic heterocycles. The minimum absolute atomic E-state index is 0.0308. The largest absolute Gasteiger partial charge is 0.477 e. The van der Waals surface area contributed by atoms with E-state index in [1.54, 1.807) is 0 Å². The molecule has 8 heteroatoms. The van der Waals surface area contributed by atoms with Crippen molar-refractivity contribution in [2.45, 2.75) is 122 Å². The summed E-state index contributed by atoms with van der Waals surface area (Å²) < 4.78 is 17.1. The molecule has 0 saturated heterocycles. The Balaban J connectivity index is 4.62. The molecule has 0 saturated carbocycles. The van der Waals surface area contributed by atoms with Crippen LogP contribution in [0.1, 0.15) is 110 Å². The summed E-state index contributed by atoms with van der Waals surface area (Å²) in [7, 11) is 5.48. The van der Waals surface area contributed by atoms with Gasteiger partial charge in [0.25, 0.3) is 0 Å². The normalized spacial score (nSPS) is 13.9. The molecular formula is C40H66NO7+. The van der Waals surface area contributed by atoms with Crippen molar-refractivity contribution in [1.82, 2.24) is 0 Å². The predicted octanol–water partition coefficient (Wildman–Crippen LogP) is 8.85. The van der Waals surface area contributed by atoms with Crippen LogP contribution in [0.5, 0.6) is 0 Å². The van der Waals surface area contributed by atoms with Crippen molar-refractivity contribution in [2.75, 3.05) is 41.0 Å². The second-order valence-corrected chi connectivity index (χ2v) is 12.9. The number of ether oxygens (including phenoxy) is 3. The van der Waals surface area contributed by atoms with Gasteiger partial charge in [0, 0.05) is 19.3 Å². The fourth-order valence-corrected chi connectivity index (χ4v) is 4.63. The van der Waals surface area contributed by atoms with Crippen molar-refractivity contribution in [3.05, 3.63) is 72.9 Å². The molecule has 0 fully saturated rings. The minimum atomic E-state index is -0.891. The number of esters is 2. The Bertz CT molecular complexity index is 1020. The van der Waals surface area contributed by atoms with Gasteiger partial charge in [0.1, 0.15) is 6.61 Å². The van der Waals surface area contributed by atoms with Crippen LogP contribution in [0.3, 0.4) is 0 Å². The molecule has 0 aliphatic carbocycles. The van der Waals surface area contributed by atoms with Crippen molar-refractivity contribution in [3.63, 3.8) is 0 Å². The van der Waals surface area contributed by atoms with Gasteiger partial charge in [-0.05, 0) is 44.9 Å². The van der Waals surface area contributed by atoms with Crippen LogP contribution < -0.4 is 0 Å². The molecule has 272 valence electrons. The van der Waals surface area contributed by atoms with Crippen LogP contribution in [0.25, 0.3) is 0 Å². The van der Waals surface area contributed by atoms with Crippen molar-refractivity contribution < 1.29 is 38.2 Å². The molecule has 0 aliphatic heterocycles. The number of nitrogens with zero attached hydrogens (tertiary/aromatic N) is 1. The van der Waals surface area contributed by atoms with E-state index in [9.17, 15) is 19.5 Å². The molecule has 2 atom stereocenters. The van der Waals surface area contributed by atoms with Crippen LogP contribution in [0.15, 0.2) is 72.9 Å². The molecule has 2 unspecified atom stereocenters. The lowest BCUT2D eigenvalue weighted by Gasteiger charge is -2.31. The predicted molar refractivity (Wildman–Crippen MR) is 197 cm³/mol. The molecule has 0 radical (unpaired) electrons. The van der Waals surface area contributed by atoms with Gasteiger partial charge in [-0.15, -0.1) is 0 Å². The third kappa shape index (κ3) is 29.0. The molecule has 48 heavy (non-hydrogen) atoms. The zero-order valence-corrected chi connectivity index (χ0v) is 30.7. The van der Waals surface area contributed by atoms with Gasteiger partial charge in [0.2, 0.25) is 0 Å². The van der Waals surface area contributed by atoms with E-state index in [4.69, 9.17) is 14.2 Å². The first-order chi connectivity index (χ1) is 23.1. The Kier molecular flexibility index (Phi) is 29.0. The summed E-state index contributed by atoms with van der Waals surface area (Å²) in [6.07, 6.45) is 36.7. The van der Waals surface area contributed by atoms with Crippen LogP contribution in [0.4, 0.5) is 0 Å². The molecule has 0 aromatic carbocycles. The number of unbranched alkanes of at least 4 members (excludes halogenated alkanes) is 8. The average Bonchev–Trinajstić information content (AvgIpc) is 3.03. The van der Waals surface area contributed by atoms with Gasteiger partial charge < -0.3 is 23.8 Å². The van der Waals surface area contributed by atoms with E-state index in [2.05, 4.69) is 32.1 Å². The fraction of sp³-hybridized carbons (Fsp3) is 0.625. The third-order valence-corrected chi connectivity index (χ3v) is 7.47. The Morgan fingerprint density at radius 2 is 1.21 bits per heavy atom. The molecule has 0 bridgehead atoms. The van der Waals surface area contributed by atoms with Gasteiger partial charge in [-0.2, -0.15) is 0 Å². The standard InChI is InChI=1S/C40H65NO7/c1-6-8-10-12-14-16-18-19-21-22-24-26-28-30-38(42)47-35-36(34-46-33-32-37(40(44)45)41(3,4)5)48-39(43)31-29-27-25-23-20-17-15-13-11-9-7-2/h8,10,12-16,18-19,21-22,24,36-37H,6-7,9,11,17,20,23,25-35H2,1-5H3/p+1/b10-8+,14-12+,15-13+,18-16+,21-19+,24-22+. The number of likely N-dealkylation sites (N-methyl/N-ethyl adjacent to an activating group) is 1. The number of carboxylic acids is 1. The maximum Gasteiger partial charge on any atom is 0.362 e. The molecule has 0 rings (SSSR count). The minimum Gasteiger partial charge on any atom is -0.477 e. The van der Waals surface area contributed by atoms with Crippen molar-refractivity contribution >= 4 is 17.9 Å². The lowest BCUT2D eigenvalue weighted by Crippen LogP contribution is -2.50. The van der Waals surface area contributed by atoms with E-state index in [1.165, 1.54) is 12.8 Å². The van der Waals surface area contributed by atoms with E-state index >= 15 is 0 Å². The van der Waals surface area contributed by atoms with Crippen LogP contribution in [-0.2, 0) is 28.6 Å². The van der Waals surface area contributed by atoms with Gasteiger partial charge >= 0.3 is 17.9 Å². The number of aliphatic carboxylic acids is 1. The molecular weight excluding hydrogens is 606 g/mol.